The van der Waals surface area contributed by atoms with Crippen LogP contribution < -0.4 is 15.4 Å². The van der Waals surface area contributed by atoms with Crippen LogP contribution in [-0.2, 0) is 10.2 Å². The van der Waals surface area contributed by atoms with E-state index in [-0.39, 0.29) is 23.9 Å². The largest absolute Gasteiger partial charge is 0.494 e. The smallest absolute Gasteiger partial charge is 0.322 e. The Balaban J connectivity index is 1.73. The maximum Gasteiger partial charge on any atom is 0.322 e. The highest BCUT2D eigenvalue weighted by Crippen LogP contribution is 2.26. The van der Waals surface area contributed by atoms with Crippen LogP contribution in [0.15, 0.2) is 54.6 Å². The molecule has 0 saturated carbocycles. The molecule has 0 radical (unpaired) electrons. The van der Waals surface area contributed by atoms with E-state index in [0.29, 0.717) is 24.7 Å². The molecule has 0 aliphatic rings. The second-order valence-corrected chi connectivity index (χ2v) is 9.37. The average Bonchev–Trinajstić information content (AvgIpc) is 3.23. The molecule has 8 nitrogen and oxygen atoms in total. The first-order valence-corrected chi connectivity index (χ1v) is 11.9. The van der Waals surface area contributed by atoms with Gasteiger partial charge in [-0.05, 0) is 62.7 Å². The minimum atomic E-state index is -0.352. The molecular weight excluding hydrogens is 442 g/mol. The number of ether oxygens (including phenoxy) is 1. The van der Waals surface area contributed by atoms with Crippen LogP contribution in [0.25, 0.3) is 5.69 Å². The van der Waals surface area contributed by atoms with Crippen molar-refractivity contribution in [3.8, 4) is 11.4 Å². The van der Waals surface area contributed by atoms with Gasteiger partial charge in [0.05, 0.1) is 18.0 Å². The minimum Gasteiger partial charge on any atom is -0.494 e. The first-order chi connectivity index (χ1) is 16.6. The van der Waals surface area contributed by atoms with Crippen LogP contribution in [0.3, 0.4) is 0 Å². The predicted octanol–water partition coefficient (Wildman–Crippen LogP) is 5.37. The van der Waals surface area contributed by atoms with Crippen LogP contribution in [-0.4, -0.2) is 46.3 Å². The Morgan fingerprint density at radius 2 is 1.74 bits per heavy atom. The summed E-state index contributed by atoms with van der Waals surface area (Å²) in [4.78, 5) is 27.2. The van der Waals surface area contributed by atoms with Crippen LogP contribution in [0.4, 0.5) is 16.3 Å². The third-order valence-corrected chi connectivity index (χ3v) is 5.41. The second-order valence-electron chi connectivity index (χ2n) is 9.37. The van der Waals surface area contributed by atoms with Crippen molar-refractivity contribution in [2.75, 3.05) is 30.3 Å². The fourth-order valence-corrected chi connectivity index (χ4v) is 3.48. The molecule has 0 fully saturated rings. The topological polar surface area (TPSA) is 88.5 Å². The number of carbonyl (C=O) groups is 2. The van der Waals surface area contributed by atoms with Crippen LogP contribution in [0.2, 0.25) is 0 Å². The van der Waals surface area contributed by atoms with Gasteiger partial charge in [0.15, 0.2) is 0 Å². The van der Waals surface area contributed by atoms with Crippen molar-refractivity contribution in [3.05, 3.63) is 65.9 Å². The summed E-state index contributed by atoms with van der Waals surface area (Å²) in [6, 6.07) is 16.6. The molecule has 0 bridgehead atoms. The SMILES string of the molecule is CCOc1ccc(NC(=O)N(CC)CC(=O)Nc2cc(C(C)(C)C)nn2-c2cccc(C)c2)cc1. The lowest BCUT2D eigenvalue weighted by Gasteiger charge is -2.21. The van der Waals surface area contributed by atoms with Crippen molar-refractivity contribution in [1.82, 2.24) is 14.7 Å². The van der Waals surface area contributed by atoms with Crippen LogP contribution in [0, 0.1) is 6.92 Å². The van der Waals surface area contributed by atoms with E-state index in [1.54, 1.807) is 28.9 Å². The summed E-state index contributed by atoms with van der Waals surface area (Å²) in [5, 5.41) is 10.5. The van der Waals surface area contributed by atoms with Gasteiger partial charge in [-0.25, -0.2) is 9.48 Å². The second kappa shape index (κ2) is 11.1. The lowest BCUT2D eigenvalue weighted by molar-refractivity contribution is -0.116. The molecule has 3 amide bonds. The van der Waals surface area contributed by atoms with Gasteiger partial charge in [0, 0.05) is 23.7 Å². The standard InChI is InChI=1S/C27H35N5O3/c1-7-31(26(34)28-20-12-14-22(15-13-20)35-8-2)18-25(33)29-24-17-23(27(4,5)6)30-32(24)21-11-9-10-19(3)16-21/h9-17H,7-8,18H2,1-6H3,(H,28,34)(H,29,33). The van der Waals surface area contributed by atoms with Crippen molar-refractivity contribution < 1.29 is 14.3 Å². The number of amides is 3. The van der Waals surface area contributed by atoms with E-state index in [2.05, 4.69) is 31.4 Å². The van der Waals surface area contributed by atoms with Gasteiger partial charge in [-0.15, -0.1) is 0 Å². The van der Waals surface area contributed by atoms with Crippen LogP contribution >= 0.6 is 0 Å². The quantitative estimate of drug-likeness (QED) is 0.457. The summed E-state index contributed by atoms with van der Waals surface area (Å²) in [7, 11) is 0. The van der Waals surface area contributed by atoms with Crippen molar-refractivity contribution in [2.24, 2.45) is 0 Å². The maximum atomic E-state index is 13.0. The highest BCUT2D eigenvalue weighted by molar-refractivity contribution is 5.96. The zero-order valence-electron chi connectivity index (χ0n) is 21.4. The average molecular weight is 478 g/mol. The number of rotatable bonds is 8. The van der Waals surface area contributed by atoms with Crippen molar-refractivity contribution in [2.45, 2.75) is 47.0 Å². The zero-order chi connectivity index (χ0) is 25.6. The number of aryl methyl sites for hydroxylation is 1. The number of urea groups is 1. The predicted molar refractivity (Wildman–Crippen MR) is 140 cm³/mol. The summed E-state index contributed by atoms with van der Waals surface area (Å²) in [6.45, 7) is 12.8. The van der Waals surface area contributed by atoms with Gasteiger partial charge in [-0.3, -0.25) is 4.79 Å². The van der Waals surface area contributed by atoms with Gasteiger partial charge in [-0.1, -0.05) is 32.9 Å². The molecule has 186 valence electrons. The van der Waals surface area contributed by atoms with Crippen molar-refractivity contribution in [1.29, 1.82) is 0 Å². The molecule has 0 saturated heterocycles. The van der Waals surface area contributed by atoms with Crippen LogP contribution in [0.1, 0.15) is 45.9 Å². The Morgan fingerprint density at radius 3 is 2.34 bits per heavy atom. The van der Waals surface area contributed by atoms with E-state index in [1.807, 2.05) is 51.1 Å². The van der Waals surface area contributed by atoms with Gasteiger partial charge in [-0.2, -0.15) is 5.10 Å². The molecule has 0 atom stereocenters. The Labute approximate surface area is 207 Å². The third kappa shape index (κ3) is 6.85. The Hall–Kier alpha value is -3.81. The summed E-state index contributed by atoms with van der Waals surface area (Å²) in [5.74, 6) is 0.994. The number of likely N-dealkylation sites (N-methyl/N-ethyl adjacent to an activating group) is 1. The van der Waals surface area contributed by atoms with E-state index < -0.39 is 0 Å². The fraction of sp³-hybridized carbons (Fsp3) is 0.370. The van der Waals surface area contributed by atoms with Gasteiger partial charge in [0.1, 0.15) is 18.1 Å². The number of anilines is 2. The fourth-order valence-electron chi connectivity index (χ4n) is 3.48. The van der Waals surface area contributed by atoms with Crippen molar-refractivity contribution in [3.63, 3.8) is 0 Å². The van der Waals surface area contributed by atoms with E-state index >= 15 is 0 Å². The van der Waals surface area contributed by atoms with Gasteiger partial charge < -0.3 is 20.3 Å². The van der Waals surface area contributed by atoms with Gasteiger partial charge >= 0.3 is 6.03 Å². The number of carbonyl (C=O) groups excluding carboxylic acids is 2. The molecule has 35 heavy (non-hydrogen) atoms. The molecule has 3 rings (SSSR count). The normalized spacial score (nSPS) is 11.1. The first kappa shape index (κ1) is 25.8. The lowest BCUT2D eigenvalue weighted by atomic mass is 9.92. The monoisotopic (exact) mass is 477 g/mol. The number of nitrogens with zero attached hydrogens (tertiary/aromatic N) is 3. The first-order valence-electron chi connectivity index (χ1n) is 11.9. The van der Waals surface area contributed by atoms with Crippen molar-refractivity contribution >= 4 is 23.4 Å². The Morgan fingerprint density at radius 1 is 1.03 bits per heavy atom. The summed E-state index contributed by atoms with van der Waals surface area (Å²) in [6.07, 6.45) is 0. The minimum absolute atomic E-state index is 0.0940. The van der Waals surface area contributed by atoms with E-state index in [0.717, 1.165) is 22.7 Å². The molecule has 8 heteroatoms. The number of hydrogen-bond donors (Lipinski definition) is 2. The number of nitrogens with one attached hydrogen (secondary N) is 2. The summed E-state index contributed by atoms with van der Waals surface area (Å²) < 4.78 is 7.17. The molecule has 0 unspecified atom stereocenters. The molecule has 2 aromatic carbocycles. The molecule has 1 heterocycles. The number of benzene rings is 2. The van der Waals surface area contributed by atoms with E-state index in [1.165, 1.54) is 4.90 Å². The highest BCUT2D eigenvalue weighted by atomic mass is 16.5. The summed E-state index contributed by atoms with van der Waals surface area (Å²) in [5.41, 5.74) is 3.24. The zero-order valence-corrected chi connectivity index (χ0v) is 21.4. The molecule has 0 spiro atoms. The van der Waals surface area contributed by atoms with Gasteiger partial charge in [0.2, 0.25) is 5.91 Å². The Bertz CT molecular complexity index is 1160. The molecular formula is C27H35N5O3. The lowest BCUT2D eigenvalue weighted by Crippen LogP contribution is -2.40. The van der Waals surface area contributed by atoms with E-state index in [9.17, 15) is 9.59 Å². The number of aromatic nitrogens is 2. The summed E-state index contributed by atoms with van der Waals surface area (Å²) >= 11 is 0. The molecule has 0 aliphatic carbocycles. The highest BCUT2D eigenvalue weighted by Gasteiger charge is 2.23. The third-order valence-electron chi connectivity index (χ3n) is 5.41. The number of hydrogen-bond acceptors (Lipinski definition) is 4. The molecule has 1 aromatic heterocycles. The molecule has 0 aliphatic heterocycles. The molecule has 2 N–H and O–H groups in total. The van der Waals surface area contributed by atoms with Gasteiger partial charge in [0.25, 0.3) is 0 Å². The Kier molecular flexibility index (Phi) is 8.17. The maximum absolute atomic E-state index is 13.0. The molecule has 3 aromatic rings. The van der Waals surface area contributed by atoms with E-state index in [4.69, 9.17) is 9.84 Å². The van der Waals surface area contributed by atoms with Crippen LogP contribution in [0.5, 0.6) is 5.75 Å².